The number of ether oxygens (including phenoxy) is 3. The van der Waals surface area contributed by atoms with Crippen LogP contribution in [0.25, 0.3) is 10.8 Å². The fourth-order valence-corrected chi connectivity index (χ4v) is 3.81. The first-order valence-electron chi connectivity index (χ1n) is 17.9. The second-order valence-corrected chi connectivity index (χ2v) is 10.5. The smallest absolute Gasteiger partial charge is 0.144 e. The summed E-state index contributed by atoms with van der Waals surface area (Å²) in [7, 11) is 0. The summed E-state index contributed by atoms with van der Waals surface area (Å²) in [5.41, 5.74) is 1.51. The highest BCUT2D eigenvalue weighted by atomic mass is 16.5. The van der Waals surface area contributed by atoms with E-state index < -0.39 is 0 Å². The van der Waals surface area contributed by atoms with Gasteiger partial charge in [0.1, 0.15) is 36.1 Å². The van der Waals surface area contributed by atoms with Gasteiger partial charge in [0.25, 0.3) is 0 Å². The van der Waals surface area contributed by atoms with Crippen molar-refractivity contribution in [3.63, 3.8) is 0 Å². The van der Waals surface area contributed by atoms with Gasteiger partial charge in [0.2, 0.25) is 0 Å². The number of benzene rings is 3. The molecule has 0 bridgehead atoms. The first-order valence-corrected chi connectivity index (χ1v) is 17.9. The third kappa shape index (κ3) is 23.7. The van der Waals surface area contributed by atoms with Crippen molar-refractivity contribution in [2.75, 3.05) is 0 Å². The minimum atomic E-state index is -0.0416. The molecule has 0 aromatic heterocycles. The Kier molecular flexibility index (Phi) is 24.4. The average Bonchev–Trinajstić information content (AvgIpc) is 3.34. The Morgan fingerprint density at radius 3 is 0.985 bits per heavy atom. The van der Waals surface area contributed by atoms with E-state index in [1.54, 1.807) is 18.2 Å². The van der Waals surface area contributed by atoms with E-state index >= 15 is 0 Å². The molecule has 0 spiro atoms. The van der Waals surface area contributed by atoms with Crippen LogP contribution < -0.4 is 14.2 Å². The normalized spacial score (nSPS) is 6.35. The third-order valence-corrected chi connectivity index (χ3v) is 6.24. The molecule has 4 heteroatoms. The molecule has 66 heavy (non-hydrogen) atoms. The zero-order valence-electron chi connectivity index (χ0n) is 33.9. The summed E-state index contributed by atoms with van der Waals surface area (Å²) in [6.45, 7) is 0.117. The third-order valence-electron chi connectivity index (χ3n) is 6.24. The molecule has 0 fully saturated rings. The van der Waals surface area contributed by atoms with Crippen LogP contribution in [0.4, 0.5) is 0 Å². The summed E-state index contributed by atoms with van der Waals surface area (Å²) in [6, 6.07) is 16.4. The number of hydrogen-bond acceptors (Lipinski definition) is 4. The van der Waals surface area contributed by atoms with Gasteiger partial charge in [0.15, 0.2) is 0 Å². The molecule has 0 heterocycles. The lowest BCUT2D eigenvalue weighted by molar-refractivity contribution is 0.282. The number of hydrogen-bond donors (Lipinski definition) is 1. The molecule has 0 saturated carbocycles. The van der Waals surface area contributed by atoms with E-state index in [4.69, 9.17) is 27.1 Å². The van der Waals surface area contributed by atoms with Crippen molar-refractivity contribution in [3.8, 4) is 279 Å². The van der Waals surface area contributed by atoms with Crippen molar-refractivity contribution in [1.82, 2.24) is 0 Å². The largest absolute Gasteiger partial charge is 0.489 e. The van der Waals surface area contributed by atoms with E-state index in [9.17, 15) is 5.11 Å². The number of terminal acetylenes is 2. The minimum Gasteiger partial charge on any atom is -0.489 e. The van der Waals surface area contributed by atoms with Gasteiger partial charge in [-0.15, -0.1) is 12.8 Å². The van der Waals surface area contributed by atoms with E-state index in [2.05, 4.69) is 249 Å². The number of rotatable bonds is 6. The topological polar surface area (TPSA) is 47.9 Å². The van der Waals surface area contributed by atoms with Crippen molar-refractivity contribution in [2.24, 2.45) is 0 Å². The van der Waals surface area contributed by atoms with Crippen LogP contribution >= 0.6 is 0 Å². The van der Waals surface area contributed by atoms with Gasteiger partial charge in [-0.1, -0.05) is 18.2 Å². The van der Waals surface area contributed by atoms with Crippen molar-refractivity contribution in [3.05, 3.63) is 65.7 Å². The Bertz CT molecular complexity index is 3690. The summed E-state index contributed by atoms with van der Waals surface area (Å²) in [5.74, 6) is 101. The van der Waals surface area contributed by atoms with Crippen LogP contribution in [0.1, 0.15) is 11.1 Å². The van der Waals surface area contributed by atoms with Gasteiger partial charge in [0, 0.05) is 148 Å². The average molecular weight is 825 g/mol. The van der Waals surface area contributed by atoms with Crippen molar-refractivity contribution in [1.29, 1.82) is 0 Å². The molecule has 1 N–H and O–H groups in total. The first kappa shape index (κ1) is 48.0. The van der Waals surface area contributed by atoms with Gasteiger partial charge in [-0.2, -0.15) is 0 Å². The Labute approximate surface area is 386 Å². The SMILES string of the molecule is C#CC#CC#CC#CC#CC#CC#CC#CC#CC#CC#COc1cc(COc2ccc3cc(CO)ccc3c2)cc(OC#CC#CC#CC#CC#CC#CC#CC#CC#CC#CC#C)c1. The van der Waals surface area contributed by atoms with E-state index in [1.807, 2.05) is 36.4 Å². The summed E-state index contributed by atoms with van der Waals surface area (Å²) < 4.78 is 17.3. The Hall–Kier alpha value is -12.4. The van der Waals surface area contributed by atoms with Crippen LogP contribution in [0.3, 0.4) is 0 Å². The molecular formula is C62H16O4. The fraction of sp³-hybridized carbons (Fsp3) is 0.0323. The Morgan fingerprint density at radius 2 is 0.636 bits per heavy atom. The lowest BCUT2D eigenvalue weighted by atomic mass is 10.1. The maximum absolute atomic E-state index is 9.46. The van der Waals surface area contributed by atoms with Gasteiger partial charge in [-0.05, 0) is 147 Å². The quantitative estimate of drug-likeness (QED) is 0.384. The van der Waals surface area contributed by atoms with Crippen molar-refractivity contribution < 1.29 is 19.3 Å². The second-order valence-electron chi connectivity index (χ2n) is 10.5. The molecule has 0 saturated heterocycles. The Balaban J connectivity index is 1.64. The zero-order valence-corrected chi connectivity index (χ0v) is 33.9. The minimum absolute atomic E-state index is 0.0416. The van der Waals surface area contributed by atoms with Gasteiger partial charge >= 0.3 is 0 Å². The number of fused-ring (bicyclic) bond motifs is 1. The number of aliphatic hydroxyl groups excluding tert-OH is 1. The second kappa shape index (κ2) is 33.6. The van der Waals surface area contributed by atoms with Gasteiger partial charge < -0.3 is 19.3 Å². The summed E-state index contributed by atoms with van der Waals surface area (Å²) in [4.78, 5) is 0. The molecule has 288 valence electrons. The lowest BCUT2D eigenvalue weighted by Crippen LogP contribution is -1.97. The predicted octanol–water partition coefficient (Wildman–Crippen LogP) is 3.92. The molecular weight excluding hydrogens is 809 g/mol. The van der Waals surface area contributed by atoms with Gasteiger partial charge in [0.05, 0.1) is 6.61 Å². The molecule has 3 aromatic carbocycles. The lowest BCUT2D eigenvalue weighted by Gasteiger charge is -2.10. The molecule has 0 unspecified atom stereocenters. The molecule has 0 amide bonds. The highest BCUT2D eigenvalue weighted by Crippen LogP contribution is 2.26. The van der Waals surface area contributed by atoms with E-state index in [0.29, 0.717) is 22.8 Å². The highest BCUT2D eigenvalue weighted by Gasteiger charge is 2.06. The van der Waals surface area contributed by atoms with Crippen molar-refractivity contribution in [2.45, 2.75) is 13.2 Å². The maximum Gasteiger partial charge on any atom is 0.144 e. The molecule has 0 aliphatic rings. The van der Waals surface area contributed by atoms with Crippen LogP contribution in [0.2, 0.25) is 0 Å². The fourth-order valence-electron chi connectivity index (χ4n) is 3.81. The maximum atomic E-state index is 9.46. The molecule has 0 aliphatic carbocycles. The van der Waals surface area contributed by atoms with Crippen LogP contribution in [-0.2, 0) is 13.2 Å². The molecule has 0 aliphatic heterocycles. The van der Waals surface area contributed by atoms with Crippen LogP contribution in [-0.4, -0.2) is 5.11 Å². The van der Waals surface area contributed by atoms with Crippen LogP contribution in [0.5, 0.6) is 17.2 Å². The zero-order chi connectivity index (χ0) is 46.6. The molecule has 0 atom stereocenters. The highest BCUT2D eigenvalue weighted by molar-refractivity contribution is 5.84. The monoisotopic (exact) mass is 824 g/mol. The van der Waals surface area contributed by atoms with E-state index in [1.165, 1.54) is 0 Å². The summed E-state index contributed by atoms with van der Waals surface area (Å²) in [5, 5.41) is 11.4. The van der Waals surface area contributed by atoms with Gasteiger partial charge in [-0.3, -0.25) is 0 Å². The molecule has 3 rings (SSSR count). The predicted molar refractivity (Wildman–Crippen MR) is 255 cm³/mol. The van der Waals surface area contributed by atoms with Crippen LogP contribution in [0, 0.1) is 262 Å². The summed E-state index contributed by atoms with van der Waals surface area (Å²) >= 11 is 0. The number of aliphatic hydroxyl groups is 1. The van der Waals surface area contributed by atoms with E-state index in [-0.39, 0.29) is 13.2 Å². The molecule has 4 nitrogen and oxygen atoms in total. The first-order chi connectivity index (χ1) is 32.7. The van der Waals surface area contributed by atoms with E-state index in [0.717, 1.165) is 16.3 Å². The molecule has 0 radical (unpaired) electrons. The van der Waals surface area contributed by atoms with Gasteiger partial charge in [-0.25, -0.2) is 0 Å². The van der Waals surface area contributed by atoms with Crippen LogP contribution in [0.15, 0.2) is 54.6 Å². The standard InChI is InChI=1S/C62H16O4/c1-3-5-7-9-11-13-15-17-19-21-23-25-27-29-31-33-35-37-39-41-47-64-61-50-57(55-66-60-46-45-58-49-56(54-63)43-44-59(58)52-60)51-62(53-61)65-48-42-40-38-36-34-32-30-28-26-24-22-20-18-16-14-12-10-8-6-4-2/h1-2,43-46,49-53,63H,54-55H2. The Morgan fingerprint density at radius 1 is 0.318 bits per heavy atom. The summed E-state index contributed by atoms with van der Waals surface area (Å²) in [6.07, 6.45) is 15.0. The molecule has 3 aromatic rings. The van der Waals surface area contributed by atoms with Crippen molar-refractivity contribution >= 4 is 10.8 Å².